The minimum atomic E-state index is -0.607. The van der Waals surface area contributed by atoms with E-state index in [4.69, 9.17) is 4.74 Å². The van der Waals surface area contributed by atoms with Crippen LogP contribution in [0, 0.1) is 13.8 Å². The summed E-state index contributed by atoms with van der Waals surface area (Å²) in [7, 11) is 0. The quantitative estimate of drug-likeness (QED) is 0.278. The molecule has 0 fully saturated rings. The largest absolute Gasteiger partial charge is 0.462 e. The summed E-state index contributed by atoms with van der Waals surface area (Å²) in [4.78, 5) is 25.0. The summed E-state index contributed by atoms with van der Waals surface area (Å²) in [5, 5.41) is 10.6. The lowest BCUT2D eigenvalue weighted by molar-refractivity contribution is -0.386. The molecule has 0 spiro atoms. The van der Waals surface area contributed by atoms with Crippen molar-refractivity contribution in [2.75, 3.05) is 6.61 Å². The van der Waals surface area contributed by atoms with Gasteiger partial charge in [0.25, 0.3) is 0 Å². The Morgan fingerprint density at radius 3 is 2.93 bits per heavy atom. The van der Waals surface area contributed by atoms with E-state index in [0.29, 0.717) is 0 Å². The van der Waals surface area contributed by atoms with Crippen LogP contribution in [0.1, 0.15) is 17.3 Å². The molecule has 0 aromatic carbocycles. The first kappa shape index (κ1) is 11.8. The highest BCUT2D eigenvalue weighted by atomic mass is 127. The van der Waals surface area contributed by atoms with Crippen molar-refractivity contribution in [1.82, 2.24) is 4.98 Å². The summed E-state index contributed by atoms with van der Waals surface area (Å²) in [5.74, 6) is -0.607. The predicted octanol–water partition coefficient (Wildman–Crippen LogP) is 1.77. The van der Waals surface area contributed by atoms with Crippen LogP contribution >= 0.6 is 22.6 Å². The molecular formula is C8H7IN2O4. The summed E-state index contributed by atoms with van der Waals surface area (Å²) < 4.78 is 4.94. The van der Waals surface area contributed by atoms with Gasteiger partial charge in [-0.2, -0.15) is 0 Å². The minimum Gasteiger partial charge on any atom is -0.462 e. The summed E-state index contributed by atoms with van der Waals surface area (Å²) in [5.41, 5.74) is -0.106. The van der Waals surface area contributed by atoms with Crippen molar-refractivity contribution in [2.45, 2.75) is 6.92 Å². The van der Waals surface area contributed by atoms with E-state index in [-0.39, 0.29) is 21.6 Å². The molecule has 1 aromatic heterocycles. The molecule has 0 aliphatic rings. The molecule has 1 rings (SSSR count). The van der Waals surface area contributed by atoms with Crippen LogP contribution in [0.5, 0.6) is 0 Å². The third-order valence-corrected chi connectivity index (χ3v) is 2.36. The average Bonchev–Trinajstić information content (AvgIpc) is 2.18. The van der Waals surface area contributed by atoms with Crippen LogP contribution in [0.15, 0.2) is 12.3 Å². The minimum absolute atomic E-state index is 0.0870. The molecule has 0 bridgehead atoms. The number of nitrogens with zero attached hydrogens (tertiary/aromatic N) is 2. The molecule has 1 heterocycles. The van der Waals surface area contributed by atoms with Crippen LogP contribution < -0.4 is 0 Å². The van der Waals surface area contributed by atoms with Gasteiger partial charge < -0.3 is 4.74 Å². The predicted molar refractivity (Wildman–Crippen MR) is 59.6 cm³/mol. The molecule has 7 heteroatoms. The van der Waals surface area contributed by atoms with Crippen molar-refractivity contribution < 1.29 is 14.5 Å². The molecule has 0 radical (unpaired) electrons. The molecule has 80 valence electrons. The number of hydrogen-bond acceptors (Lipinski definition) is 5. The molecule has 0 saturated carbocycles. The number of rotatable bonds is 3. The van der Waals surface area contributed by atoms with E-state index < -0.39 is 10.9 Å². The number of halogens is 1. The van der Waals surface area contributed by atoms with E-state index >= 15 is 0 Å². The van der Waals surface area contributed by atoms with Gasteiger partial charge in [0.15, 0.2) is 3.70 Å². The summed E-state index contributed by atoms with van der Waals surface area (Å²) in [6.45, 7) is 1.88. The van der Waals surface area contributed by atoms with Gasteiger partial charge in [-0.05, 0) is 29.5 Å². The van der Waals surface area contributed by atoms with Gasteiger partial charge in [-0.15, -0.1) is 0 Å². The molecule has 0 aliphatic carbocycles. The maximum absolute atomic E-state index is 11.2. The summed E-state index contributed by atoms with van der Waals surface area (Å²) in [6, 6.07) is 1.16. The number of ether oxygens (including phenoxy) is 1. The monoisotopic (exact) mass is 322 g/mol. The van der Waals surface area contributed by atoms with E-state index in [0.717, 1.165) is 6.07 Å². The fraction of sp³-hybridized carbons (Fsp3) is 0.250. The van der Waals surface area contributed by atoms with Crippen LogP contribution in [0.2, 0.25) is 0 Å². The van der Waals surface area contributed by atoms with Crippen LogP contribution in [0.25, 0.3) is 0 Å². The van der Waals surface area contributed by atoms with Gasteiger partial charge in [0, 0.05) is 12.3 Å². The molecule has 0 amide bonds. The van der Waals surface area contributed by atoms with Gasteiger partial charge in [-0.1, -0.05) is 0 Å². The Kier molecular flexibility index (Phi) is 3.95. The van der Waals surface area contributed by atoms with Gasteiger partial charge in [0.2, 0.25) is 0 Å². The number of carbonyl (C=O) groups is 1. The second kappa shape index (κ2) is 5.01. The molecule has 0 N–H and O–H groups in total. The van der Waals surface area contributed by atoms with Gasteiger partial charge in [0.1, 0.15) is 0 Å². The lowest BCUT2D eigenvalue weighted by Crippen LogP contribution is -2.06. The van der Waals surface area contributed by atoms with Crippen molar-refractivity contribution in [3.8, 4) is 0 Å². The smallest absolute Gasteiger partial charge is 0.339 e. The van der Waals surface area contributed by atoms with Crippen molar-refractivity contribution >= 4 is 34.2 Å². The van der Waals surface area contributed by atoms with Crippen molar-refractivity contribution in [1.29, 1.82) is 0 Å². The Hall–Kier alpha value is -1.25. The van der Waals surface area contributed by atoms with Gasteiger partial charge in [-0.25, -0.2) is 9.78 Å². The maximum Gasteiger partial charge on any atom is 0.339 e. The van der Waals surface area contributed by atoms with Gasteiger partial charge in [0.05, 0.1) is 17.1 Å². The van der Waals surface area contributed by atoms with E-state index in [1.807, 2.05) is 0 Å². The highest BCUT2D eigenvalue weighted by Crippen LogP contribution is 2.19. The molecule has 0 saturated heterocycles. The van der Waals surface area contributed by atoms with Crippen LogP contribution in [-0.2, 0) is 4.74 Å². The molecular weight excluding hydrogens is 315 g/mol. The summed E-state index contributed by atoms with van der Waals surface area (Å²) in [6.07, 6.45) is 1.26. The van der Waals surface area contributed by atoms with E-state index in [1.165, 1.54) is 6.20 Å². The first-order valence-corrected chi connectivity index (χ1v) is 5.11. The average molecular weight is 322 g/mol. The first-order chi connectivity index (χ1) is 7.06. The van der Waals surface area contributed by atoms with Gasteiger partial charge >= 0.3 is 11.7 Å². The lowest BCUT2D eigenvalue weighted by atomic mass is 10.3. The van der Waals surface area contributed by atoms with Gasteiger partial charge in [-0.3, -0.25) is 10.1 Å². The highest BCUT2D eigenvalue weighted by molar-refractivity contribution is 14.1. The third-order valence-electron chi connectivity index (χ3n) is 1.53. The number of carbonyl (C=O) groups excluding carboxylic acids is 1. The molecule has 0 aliphatic heterocycles. The van der Waals surface area contributed by atoms with Crippen molar-refractivity contribution in [2.24, 2.45) is 0 Å². The Balaban J connectivity index is 3.07. The van der Waals surface area contributed by atoms with Crippen LogP contribution in [0.3, 0.4) is 0 Å². The van der Waals surface area contributed by atoms with Crippen LogP contribution in [0.4, 0.5) is 5.69 Å². The maximum atomic E-state index is 11.2. The number of hydrogen-bond donors (Lipinski definition) is 0. The third kappa shape index (κ3) is 2.85. The fourth-order valence-electron chi connectivity index (χ4n) is 0.891. The Bertz CT molecular complexity index is 408. The number of pyridine rings is 1. The zero-order valence-electron chi connectivity index (χ0n) is 7.77. The SMILES string of the molecule is CCOC(=O)c1cnc(I)c([N+](=O)[O-])c1. The highest BCUT2D eigenvalue weighted by Gasteiger charge is 2.17. The van der Waals surface area contributed by atoms with E-state index in [2.05, 4.69) is 4.98 Å². The molecule has 0 unspecified atom stereocenters. The Morgan fingerprint density at radius 1 is 1.73 bits per heavy atom. The molecule has 15 heavy (non-hydrogen) atoms. The fourth-order valence-corrected chi connectivity index (χ4v) is 1.38. The number of nitro groups is 1. The Labute approximate surface area is 98.9 Å². The second-order valence-corrected chi connectivity index (χ2v) is 3.53. The zero-order valence-corrected chi connectivity index (χ0v) is 9.92. The molecule has 6 nitrogen and oxygen atoms in total. The van der Waals surface area contributed by atoms with Crippen LogP contribution in [-0.4, -0.2) is 22.5 Å². The topological polar surface area (TPSA) is 82.3 Å². The van der Waals surface area contributed by atoms with Crippen molar-refractivity contribution in [3.05, 3.63) is 31.6 Å². The number of esters is 1. The number of aromatic nitrogens is 1. The standard InChI is InChI=1S/C8H7IN2O4/c1-2-15-8(12)5-3-6(11(13)14)7(9)10-4-5/h3-4H,2H2,1H3. The summed E-state index contributed by atoms with van der Waals surface area (Å²) >= 11 is 1.73. The Morgan fingerprint density at radius 2 is 2.40 bits per heavy atom. The zero-order chi connectivity index (χ0) is 11.4. The molecule has 0 atom stereocenters. The van der Waals surface area contributed by atoms with Crippen molar-refractivity contribution in [3.63, 3.8) is 0 Å². The van der Waals surface area contributed by atoms with E-state index in [1.54, 1.807) is 29.5 Å². The normalized spacial score (nSPS) is 9.73. The lowest BCUT2D eigenvalue weighted by Gasteiger charge is -2.01. The second-order valence-electron chi connectivity index (χ2n) is 2.51. The first-order valence-electron chi connectivity index (χ1n) is 4.03. The molecule has 1 aromatic rings. The van der Waals surface area contributed by atoms with E-state index in [9.17, 15) is 14.9 Å².